The van der Waals surface area contributed by atoms with E-state index in [-0.39, 0.29) is 17.6 Å². The lowest BCUT2D eigenvalue weighted by atomic mass is 9.44. The second kappa shape index (κ2) is 9.24. The van der Waals surface area contributed by atoms with E-state index in [4.69, 9.17) is 0 Å². The van der Waals surface area contributed by atoms with Gasteiger partial charge in [0.25, 0.3) is 0 Å². The molecule has 4 saturated carbocycles. The number of rotatable bonds is 2. The third-order valence-electron chi connectivity index (χ3n) is 13.4. The van der Waals surface area contributed by atoms with Crippen molar-refractivity contribution in [3.8, 4) is 0 Å². The number of aliphatic hydroxyl groups excluding tert-OH is 2. The van der Waals surface area contributed by atoms with E-state index in [1.165, 1.54) is 110 Å². The Labute approximate surface area is 215 Å². The molecule has 2 aliphatic heterocycles. The zero-order valence-corrected chi connectivity index (χ0v) is 23.1. The lowest BCUT2D eigenvalue weighted by molar-refractivity contribution is -0.935. The van der Waals surface area contributed by atoms with Crippen LogP contribution in [0.4, 0.5) is 0 Å². The lowest BCUT2D eigenvalue weighted by Crippen LogP contribution is -2.60. The molecule has 6 rings (SSSR count). The topological polar surface area (TPSA) is 43.7 Å². The zero-order chi connectivity index (χ0) is 24.4. The van der Waals surface area contributed by atoms with Gasteiger partial charge in [-0.15, -0.1) is 0 Å². The van der Waals surface area contributed by atoms with Gasteiger partial charge >= 0.3 is 0 Å². The van der Waals surface area contributed by atoms with Crippen molar-refractivity contribution < 1.29 is 14.7 Å². The number of nitrogens with zero attached hydrogens (tertiary/aromatic N) is 2. The van der Waals surface area contributed by atoms with Crippen LogP contribution >= 0.6 is 0 Å². The van der Waals surface area contributed by atoms with E-state index in [0.717, 1.165) is 22.7 Å². The molecular formula is C31H55N2O2+. The molecule has 0 bridgehead atoms. The molecule has 0 aromatic heterocycles. The van der Waals surface area contributed by atoms with Gasteiger partial charge in [0, 0.05) is 17.9 Å². The van der Waals surface area contributed by atoms with Gasteiger partial charge in [0.1, 0.15) is 12.1 Å². The largest absolute Gasteiger partial charge is 0.391 e. The average Bonchev–Trinajstić information content (AvgIpc) is 2.97. The Balaban J connectivity index is 1.25. The normalized spacial score (nSPS) is 52.7. The van der Waals surface area contributed by atoms with Crippen molar-refractivity contribution in [2.75, 3.05) is 33.2 Å². The van der Waals surface area contributed by atoms with Crippen molar-refractivity contribution in [2.24, 2.45) is 34.5 Å². The van der Waals surface area contributed by atoms with Crippen LogP contribution in [0.15, 0.2) is 0 Å². The van der Waals surface area contributed by atoms with Crippen molar-refractivity contribution in [3.63, 3.8) is 0 Å². The predicted molar refractivity (Wildman–Crippen MR) is 142 cm³/mol. The highest BCUT2D eigenvalue weighted by Gasteiger charge is 2.65. The standard InChI is InChI=1S/C31H55N2O2/c1-30-14-13-24-23(25(30)20-27(29(30)35)33(3)17-9-4-5-10-18-33)12-11-22-19-28(34)26(21-31(22,24)2)32-15-7-6-8-16-32/h22-29,34-35H,4-21H2,1-3H3/q+1/t22-,23+,24-,25-,26-,27-,28-,29-,30-,31-/m0/s1. The number of aliphatic hydroxyl groups is 2. The molecule has 0 radical (unpaired) electrons. The SMILES string of the molecule is C[C@]12C[C@H](N3CCCCC3)[C@@H](O)C[C@@H]1CC[C@@H]1[C@@H]2CC[C@]2(C)[C@@H](O)[C@@H]([N+]3(C)CCCCCC3)C[C@@H]12. The summed E-state index contributed by atoms with van der Waals surface area (Å²) in [6.45, 7) is 10.1. The first-order valence-corrected chi connectivity index (χ1v) is 15.7. The van der Waals surface area contributed by atoms with Gasteiger partial charge < -0.3 is 14.7 Å². The molecule has 0 aromatic carbocycles. The van der Waals surface area contributed by atoms with Gasteiger partial charge in [-0.2, -0.15) is 0 Å². The van der Waals surface area contributed by atoms with Gasteiger partial charge in [-0.05, 0) is 119 Å². The smallest absolute Gasteiger partial charge is 0.116 e. The number of hydrogen-bond acceptors (Lipinski definition) is 3. The highest BCUT2D eigenvalue weighted by atomic mass is 16.3. The number of likely N-dealkylation sites (N-methyl/N-ethyl adjacent to an activating group) is 1. The molecule has 0 aromatic rings. The fraction of sp³-hybridized carbons (Fsp3) is 1.00. The van der Waals surface area contributed by atoms with Crippen LogP contribution in [0.2, 0.25) is 0 Å². The Kier molecular flexibility index (Phi) is 6.64. The van der Waals surface area contributed by atoms with Crippen LogP contribution in [0.25, 0.3) is 0 Å². The van der Waals surface area contributed by atoms with Crippen LogP contribution < -0.4 is 0 Å². The highest BCUT2D eigenvalue weighted by Crippen LogP contribution is 2.67. The Morgan fingerprint density at radius 1 is 0.771 bits per heavy atom. The quantitative estimate of drug-likeness (QED) is 0.525. The summed E-state index contributed by atoms with van der Waals surface area (Å²) in [7, 11) is 2.49. The Morgan fingerprint density at radius 2 is 1.46 bits per heavy atom. The van der Waals surface area contributed by atoms with Crippen LogP contribution in [-0.2, 0) is 0 Å². The number of quaternary nitrogens is 1. The number of piperidine rings is 1. The molecule has 10 atom stereocenters. The van der Waals surface area contributed by atoms with Gasteiger partial charge in [-0.1, -0.05) is 20.3 Å². The van der Waals surface area contributed by atoms with Gasteiger partial charge in [-0.3, -0.25) is 4.90 Å². The molecule has 2 N–H and O–H groups in total. The van der Waals surface area contributed by atoms with Gasteiger partial charge in [0.2, 0.25) is 0 Å². The van der Waals surface area contributed by atoms with Crippen LogP contribution in [-0.4, -0.2) is 77.1 Å². The van der Waals surface area contributed by atoms with E-state index in [0.29, 0.717) is 29.3 Å². The molecule has 6 aliphatic rings. The molecule has 2 heterocycles. The molecule has 0 amide bonds. The summed E-state index contributed by atoms with van der Waals surface area (Å²) in [5.41, 5.74) is 0.485. The Bertz CT molecular complexity index is 759. The maximum absolute atomic E-state index is 11.9. The van der Waals surface area contributed by atoms with E-state index in [1.54, 1.807) is 0 Å². The number of likely N-dealkylation sites (tertiary alicyclic amines) is 2. The molecule has 0 spiro atoms. The van der Waals surface area contributed by atoms with Crippen molar-refractivity contribution in [2.45, 2.75) is 128 Å². The van der Waals surface area contributed by atoms with Gasteiger partial charge in [0.15, 0.2) is 0 Å². The predicted octanol–water partition coefficient (Wildman–Crippen LogP) is 5.21. The summed E-state index contributed by atoms with van der Waals surface area (Å²) in [6.07, 6.45) is 17.9. The molecular weight excluding hydrogens is 432 g/mol. The first-order valence-electron chi connectivity index (χ1n) is 15.7. The second-order valence-corrected chi connectivity index (χ2v) is 15.0. The fourth-order valence-corrected chi connectivity index (χ4v) is 11.2. The van der Waals surface area contributed by atoms with E-state index in [9.17, 15) is 10.2 Å². The molecule has 4 aliphatic carbocycles. The molecule has 2 saturated heterocycles. The van der Waals surface area contributed by atoms with E-state index in [2.05, 4.69) is 25.8 Å². The van der Waals surface area contributed by atoms with Crippen LogP contribution in [0.5, 0.6) is 0 Å². The maximum atomic E-state index is 11.9. The third kappa shape index (κ3) is 3.98. The first kappa shape index (κ1) is 25.1. The summed E-state index contributed by atoms with van der Waals surface area (Å²) >= 11 is 0. The summed E-state index contributed by atoms with van der Waals surface area (Å²) in [5.74, 6) is 2.96. The van der Waals surface area contributed by atoms with E-state index >= 15 is 0 Å². The monoisotopic (exact) mass is 487 g/mol. The summed E-state index contributed by atoms with van der Waals surface area (Å²) in [5, 5.41) is 23.2. The van der Waals surface area contributed by atoms with E-state index < -0.39 is 0 Å². The van der Waals surface area contributed by atoms with Crippen molar-refractivity contribution in [1.82, 2.24) is 4.90 Å². The third-order valence-corrected chi connectivity index (χ3v) is 13.4. The highest BCUT2D eigenvalue weighted by molar-refractivity contribution is 5.13. The zero-order valence-electron chi connectivity index (χ0n) is 23.1. The van der Waals surface area contributed by atoms with E-state index in [1.807, 2.05) is 0 Å². The van der Waals surface area contributed by atoms with Gasteiger partial charge in [0.05, 0.1) is 26.2 Å². The molecule has 35 heavy (non-hydrogen) atoms. The molecule has 6 fully saturated rings. The van der Waals surface area contributed by atoms with Crippen LogP contribution in [0.3, 0.4) is 0 Å². The molecule has 200 valence electrons. The first-order chi connectivity index (χ1) is 16.8. The van der Waals surface area contributed by atoms with Crippen molar-refractivity contribution in [3.05, 3.63) is 0 Å². The number of fused-ring (bicyclic) bond motifs is 5. The van der Waals surface area contributed by atoms with Crippen LogP contribution in [0, 0.1) is 34.5 Å². The average molecular weight is 488 g/mol. The lowest BCUT2D eigenvalue weighted by Gasteiger charge is -2.62. The Morgan fingerprint density at radius 3 is 2.17 bits per heavy atom. The number of hydrogen-bond donors (Lipinski definition) is 2. The minimum absolute atomic E-state index is 0.114. The second-order valence-electron chi connectivity index (χ2n) is 15.0. The maximum Gasteiger partial charge on any atom is 0.116 e. The van der Waals surface area contributed by atoms with Crippen molar-refractivity contribution >= 4 is 0 Å². The summed E-state index contributed by atoms with van der Waals surface area (Å²) < 4.78 is 1.13. The molecule has 4 nitrogen and oxygen atoms in total. The summed E-state index contributed by atoms with van der Waals surface area (Å²) in [6, 6.07) is 0.828. The minimum Gasteiger partial charge on any atom is -0.391 e. The van der Waals surface area contributed by atoms with Crippen LogP contribution in [0.1, 0.15) is 104 Å². The Hall–Kier alpha value is -0.160. The molecule has 0 unspecified atom stereocenters. The van der Waals surface area contributed by atoms with Crippen molar-refractivity contribution in [1.29, 1.82) is 0 Å². The van der Waals surface area contributed by atoms with Gasteiger partial charge in [-0.25, -0.2) is 0 Å². The fourth-order valence-electron chi connectivity index (χ4n) is 11.2. The molecule has 4 heteroatoms. The minimum atomic E-state index is -0.128. The summed E-state index contributed by atoms with van der Waals surface area (Å²) in [4.78, 5) is 2.67.